The molecule has 106 valence electrons. The first-order valence-corrected chi connectivity index (χ1v) is 7.00. The van der Waals surface area contributed by atoms with E-state index in [0.29, 0.717) is 11.3 Å². The largest absolute Gasteiger partial charge is 0.495 e. The summed E-state index contributed by atoms with van der Waals surface area (Å²) in [4.78, 5) is -0.159. The predicted molar refractivity (Wildman–Crippen MR) is 72.1 cm³/mol. The minimum Gasteiger partial charge on any atom is -0.495 e. The van der Waals surface area contributed by atoms with Crippen LogP contribution < -0.4 is 10.5 Å². The molecule has 0 spiro atoms. The number of hydrogen-bond acceptors (Lipinski definition) is 6. The number of nitrogen functional groups attached to an aromatic ring is 1. The number of anilines is 1. The van der Waals surface area contributed by atoms with Crippen LogP contribution in [0.25, 0.3) is 0 Å². The molecule has 0 aromatic heterocycles. The Bertz CT molecular complexity index is 670. The fourth-order valence-corrected chi connectivity index (χ4v) is 2.97. The molecule has 0 atom stereocenters. The summed E-state index contributed by atoms with van der Waals surface area (Å²) in [5, 5.41) is 17.4. The third-order valence-electron chi connectivity index (χ3n) is 2.66. The Morgan fingerprint density at radius 3 is 2.30 bits per heavy atom. The topological polar surface area (TPSA) is 120 Å². The van der Waals surface area contributed by atoms with Crippen molar-refractivity contribution in [3.8, 4) is 17.9 Å². The number of benzene rings is 1. The molecule has 7 nitrogen and oxygen atoms in total. The Morgan fingerprint density at radius 1 is 1.30 bits per heavy atom. The number of sulfonamides is 1. The van der Waals surface area contributed by atoms with E-state index >= 15 is 0 Å². The van der Waals surface area contributed by atoms with Crippen molar-refractivity contribution >= 4 is 15.7 Å². The van der Waals surface area contributed by atoms with E-state index in [9.17, 15) is 8.42 Å². The lowest BCUT2D eigenvalue weighted by molar-refractivity contribution is 0.398. The maximum Gasteiger partial charge on any atom is 0.248 e. The van der Waals surface area contributed by atoms with Gasteiger partial charge in [0.25, 0.3) is 0 Å². The molecule has 8 heteroatoms. The highest BCUT2D eigenvalue weighted by Gasteiger charge is 2.28. The third kappa shape index (κ3) is 2.99. The lowest BCUT2D eigenvalue weighted by Crippen LogP contribution is -2.32. The average molecular weight is 294 g/mol. The first kappa shape index (κ1) is 15.8. The van der Waals surface area contributed by atoms with E-state index in [1.54, 1.807) is 19.1 Å². The normalized spacial score (nSPS) is 10.8. The van der Waals surface area contributed by atoms with Gasteiger partial charge in [0.05, 0.1) is 19.2 Å². The van der Waals surface area contributed by atoms with Gasteiger partial charge in [0.2, 0.25) is 10.0 Å². The predicted octanol–water partition coefficient (Wildman–Crippen LogP) is 0.624. The molecule has 0 aliphatic carbocycles. The second kappa shape index (κ2) is 6.24. The zero-order valence-electron chi connectivity index (χ0n) is 11.1. The summed E-state index contributed by atoms with van der Waals surface area (Å²) in [6.07, 6.45) is 0. The fraction of sp³-hybridized carbons (Fsp3) is 0.333. The van der Waals surface area contributed by atoms with E-state index < -0.39 is 23.1 Å². The Balaban J connectivity index is 3.45. The van der Waals surface area contributed by atoms with Gasteiger partial charge in [-0.3, -0.25) is 0 Å². The van der Waals surface area contributed by atoms with E-state index in [1.807, 2.05) is 0 Å². The summed E-state index contributed by atoms with van der Waals surface area (Å²) in [6.45, 7) is 0.871. The van der Waals surface area contributed by atoms with Crippen LogP contribution in [0, 0.1) is 29.6 Å². The van der Waals surface area contributed by atoms with Gasteiger partial charge in [-0.25, -0.2) is 8.42 Å². The van der Waals surface area contributed by atoms with Crippen LogP contribution in [0.4, 0.5) is 5.69 Å². The van der Waals surface area contributed by atoms with Crippen LogP contribution in [0.5, 0.6) is 5.75 Å². The number of rotatable bonds is 5. The van der Waals surface area contributed by atoms with E-state index in [4.69, 9.17) is 21.0 Å². The molecule has 20 heavy (non-hydrogen) atoms. The van der Waals surface area contributed by atoms with Crippen LogP contribution in [0.1, 0.15) is 5.56 Å². The van der Waals surface area contributed by atoms with Gasteiger partial charge in [-0.05, 0) is 24.6 Å². The van der Waals surface area contributed by atoms with Crippen LogP contribution in [-0.2, 0) is 10.0 Å². The van der Waals surface area contributed by atoms with Gasteiger partial charge in [0.1, 0.15) is 23.7 Å². The maximum absolute atomic E-state index is 12.4. The van der Waals surface area contributed by atoms with Crippen LogP contribution in [-0.4, -0.2) is 32.9 Å². The van der Waals surface area contributed by atoms with Gasteiger partial charge in [-0.15, -0.1) is 0 Å². The lowest BCUT2D eigenvalue weighted by atomic mass is 10.2. The Morgan fingerprint density at radius 2 is 1.85 bits per heavy atom. The molecule has 0 unspecified atom stereocenters. The number of methoxy groups -OCH3 is 1. The smallest absolute Gasteiger partial charge is 0.248 e. The van der Waals surface area contributed by atoms with Crippen molar-refractivity contribution in [2.24, 2.45) is 0 Å². The minimum absolute atomic E-state index is 0.123. The zero-order valence-corrected chi connectivity index (χ0v) is 11.9. The van der Waals surface area contributed by atoms with Crippen molar-refractivity contribution < 1.29 is 13.2 Å². The molecule has 0 saturated heterocycles. The molecule has 0 amide bonds. The van der Waals surface area contributed by atoms with Gasteiger partial charge in [-0.1, -0.05) is 0 Å². The van der Waals surface area contributed by atoms with Gasteiger partial charge < -0.3 is 10.5 Å². The first-order valence-electron chi connectivity index (χ1n) is 5.56. The second-order valence-corrected chi connectivity index (χ2v) is 5.86. The summed E-state index contributed by atoms with van der Waals surface area (Å²) < 4.78 is 30.7. The molecule has 0 aliphatic heterocycles. The fourth-order valence-electron chi connectivity index (χ4n) is 1.56. The summed E-state index contributed by atoms with van der Waals surface area (Å²) in [5.74, 6) is 0.123. The monoisotopic (exact) mass is 294 g/mol. The standard InChI is InChI=1S/C12H14N4O3S/c1-9-7-11(19-2)12(8-10(9)15)20(17,18)16(5-3-13)6-4-14/h7-8H,5-6,15H2,1-2H3. The molecule has 2 N–H and O–H groups in total. The molecule has 1 aromatic rings. The molecule has 0 aliphatic rings. The van der Waals surface area contributed by atoms with E-state index in [-0.39, 0.29) is 10.6 Å². The van der Waals surface area contributed by atoms with Gasteiger partial charge in [-0.2, -0.15) is 14.8 Å². The highest BCUT2D eigenvalue weighted by atomic mass is 32.2. The quantitative estimate of drug-likeness (QED) is 0.628. The molecule has 1 aromatic carbocycles. The minimum atomic E-state index is -4.02. The van der Waals surface area contributed by atoms with Crippen molar-refractivity contribution in [3.63, 3.8) is 0 Å². The summed E-state index contributed by atoms with van der Waals surface area (Å²) in [7, 11) is -2.69. The highest BCUT2D eigenvalue weighted by molar-refractivity contribution is 7.89. The molecule has 0 radical (unpaired) electrons. The van der Waals surface area contributed by atoms with Crippen molar-refractivity contribution in [2.75, 3.05) is 25.9 Å². The maximum atomic E-state index is 12.4. The number of nitriles is 2. The van der Waals surface area contributed by atoms with E-state index in [2.05, 4.69) is 0 Å². The van der Waals surface area contributed by atoms with Gasteiger partial charge >= 0.3 is 0 Å². The summed E-state index contributed by atoms with van der Waals surface area (Å²) in [6, 6.07) is 6.20. The van der Waals surface area contributed by atoms with Crippen LogP contribution in [0.15, 0.2) is 17.0 Å². The summed E-state index contributed by atoms with van der Waals surface area (Å²) >= 11 is 0. The van der Waals surface area contributed by atoms with E-state index in [1.165, 1.54) is 19.2 Å². The van der Waals surface area contributed by atoms with Crippen LogP contribution in [0.3, 0.4) is 0 Å². The SMILES string of the molecule is COc1cc(C)c(N)cc1S(=O)(=O)N(CC#N)CC#N. The molecule has 1 rings (SSSR count). The number of nitrogens with two attached hydrogens (primary N) is 1. The van der Waals surface area contributed by atoms with Gasteiger partial charge in [0, 0.05) is 5.69 Å². The van der Waals surface area contributed by atoms with Crippen LogP contribution in [0.2, 0.25) is 0 Å². The number of nitrogens with zero attached hydrogens (tertiary/aromatic N) is 3. The third-order valence-corrected chi connectivity index (χ3v) is 4.48. The second-order valence-electron chi connectivity index (χ2n) is 3.95. The number of hydrogen-bond donors (Lipinski definition) is 1. The Hall–Kier alpha value is -2.29. The zero-order chi connectivity index (χ0) is 15.3. The lowest BCUT2D eigenvalue weighted by Gasteiger charge is -2.18. The number of ether oxygens (including phenoxy) is 1. The summed E-state index contributed by atoms with van der Waals surface area (Å²) in [5.41, 5.74) is 6.68. The van der Waals surface area contributed by atoms with Crippen molar-refractivity contribution in [3.05, 3.63) is 17.7 Å². The molecule has 0 fully saturated rings. The molecule has 0 saturated carbocycles. The number of aryl methyl sites for hydroxylation is 1. The molecular formula is C12H14N4O3S. The molecule has 0 bridgehead atoms. The van der Waals surface area contributed by atoms with Crippen molar-refractivity contribution in [1.29, 1.82) is 10.5 Å². The van der Waals surface area contributed by atoms with Crippen molar-refractivity contribution in [2.45, 2.75) is 11.8 Å². The Kier molecular flexibility index (Phi) is 4.92. The molecular weight excluding hydrogens is 280 g/mol. The highest BCUT2D eigenvalue weighted by Crippen LogP contribution is 2.30. The molecule has 0 heterocycles. The first-order chi connectivity index (χ1) is 9.38. The average Bonchev–Trinajstić information content (AvgIpc) is 2.41. The van der Waals surface area contributed by atoms with Crippen molar-refractivity contribution in [1.82, 2.24) is 4.31 Å². The van der Waals surface area contributed by atoms with Gasteiger partial charge in [0.15, 0.2) is 0 Å². The van der Waals surface area contributed by atoms with Crippen LogP contribution >= 0.6 is 0 Å². The van der Waals surface area contributed by atoms with E-state index in [0.717, 1.165) is 4.31 Å². The Labute approximate surface area is 117 Å².